The van der Waals surface area contributed by atoms with Crippen molar-refractivity contribution in [3.8, 4) is 0 Å². The molecule has 1 aromatic carbocycles. The molecule has 2 saturated carbocycles. The molecule has 1 aliphatic heterocycles. The lowest BCUT2D eigenvalue weighted by Crippen LogP contribution is -2.32. The second kappa shape index (κ2) is 7.94. The number of aliphatic hydroxyl groups is 1. The van der Waals surface area contributed by atoms with Gasteiger partial charge < -0.3 is 15.3 Å². The van der Waals surface area contributed by atoms with Crippen molar-refractivity contribution in [1.82, 2.24) is 9.97 Å². The minimum Gasteiger partial charge on any atom is -0.389 e. The van der Waals surface area contributed by atoms with E-state index in [1.165, 1.54) is 61.8 Å². The Hall–Kier alpha value is -2.14. The average molecular weight is 393 g/mol. The SMILES string of the molecule is C[C@@H](O)c1ccc2c(c1)CCN(c1cc(C3CC3)nc(NC3CCCCC3)n1)C2. The van der Waals surface area contributed by atoms with E-state index < -0.39 is 6.10 Å². The van der Waals surface area contributed by atoms with E-state index in [-0.39, 0.29) is 0 Å². The fourth-order valence-corrected chi connectivity index (χ4v) is 4.73. The molecule has 0 radical (unpaired) electrons. The molecule has 2 fully saturated rings. The number of benzene rings is 1. The van der Waals surface area contributed by atoms with Crippen LogP contribution in [0.25, 0.3) is 0 Å². The standard InChI is InChI=1S/C24H32N4O/c1-16(29)18-9-10-20-15-28(12-11-19(20)13-18)23-14-22(17-7-8-17)26-24(27-23)25-21-5-3-2-4-6-21/h9-10,13-14,16-17,21,29H,2-8,11-12,15H2,1H3,(H,25,26,27)/t16-/m1/s1. The number of hydrogen-bond donors (Lipinski definition) is 2. The lowest BCUT2D eigenvalue weighted by Gasteiger charge is -2.31. The smallest absolute Gasteiger partial charge is 0.225 e. The quantitative estimate of drug-likeness (QED) is 0.771. The van der Waals surface area contributed by atoms with Crippen LogP contribution in [0.3, 0.4) is 0 Å². The van der Waals surface area contributed by atoms with E-state index in [9.17, 15) is 5.11 Å². The highest BCUT2D eigenvalue weighted by molar-refractivity contribution is 5.50. The molecule has 1 aromatic heterocycles. The molecule has 29 heavy (non-hydrogen) atoms. The number of anilines is 2. The summed E-state index contributed by atoms with van der Waals surface area (Å²) in [7, 11) is 0. The van der Waals surface area contributed by atoms with Crippen molar-refractivity contribution in [2.24, 2.45) is 0 Å². The van der Waals surface area contributed by atoms with Crippen molar-refractivity contribution >= 4 is 11.8 Å². The maximum Gasteiger partial charge on any atom is 0.225 e. The third-order valence-corrected chi connectivity index (χ3v) is 6.72. The maximum absolute atomic E-state index is 9.87. The largest absolute Gasteiger partial charge is 0.389 e. The van der Waals surface area contributed by atoms with E-state index in [0.29, 0.717) is 12.0 Å². The summed E-state index contributed by atoms with van der Waals surface area (Å²) < 4.78 is 0. The zero-order chi connectivity index (χ0) is 19.8. The molecule has 0 amide bonds. The van der Waals surface area contributed by atoms with Gasteiger partial charge in [-0.25, -0.2) is 4.98 Å². The Morgan fingerprint density at radius 1 is 1.03 bits per heavy atom. The first-order valence-electron chi connectivity index (χ1n) is 11.4. The molecular formula is C24H32N4O. The van der Waals surface area contributed by atoms with E-state index in [2.05, 4.69) is 34.5 Å². The molecule has 2 aromatic rings. The predicted octanol–water partition coefficient (Wildman–Crippen LogP) is 4.71. The minimum atomic E-state index is -0.408. The van der Waals surface area contributed by atoms with E-state index in [1.807, 2.05) is 6.92 Å². The van der Waals surface area contributed by atoms with Crippen LogP contribution < -0.4 is 10.2 Å². The molecule has 2 heterocycles. The molecule has 2 aliphatic carbocycles. The van der Waals surface area contributed by atoms with Crippen LogP contribution in [-0.2, 0) is 13.0 Å². The van der Waals surface area contributed by atoms with Gasteiger partial charge >= 0.3 is 0 Å². The third kappa shape index (κ3) is 4.25. The molecule has 5 heteroatoms. The van der Waals surface area contributed by atoms with Crippen molar-refractivity contribution in [2.75, 3.05) is 16.8 Å². The Morgan fingerprint density at radius 2 is 1.86 bits per heavy atom. The molecule has 0 bridgehead atoms. The van der Waals surface area contributed by atoms with E-state index in [0.717, 1.165) is 36.8 Å². The molecule has 0 unspecified atom stereocenters. The van der Waals surface area contributed by atoms with Crippen LogP contribution in [0.1, 0.15) is 86.3 Å². The molecule has 5 nitrogen and oxygen atoms in total. The second-order valence-electron chi connectivity index (χ2n) is 9.10. The highest BCUT2D eigenvalue weighted by Crippen LogP contribution is 2.40. The summed E-state index contributed by atoms with van der Waals surface area (Å²) in [5.41, 5.74) is 4.92. The number of nitrogens with one attached hydrogen (secondary N) is 1. The summed E-state index contributed by atoms with van der Waals surface area (Å²) in [6.07, 6.45) is 9.53. The van der Waals surface area contributed by atoms with Gasteiger partial charge in [-0.15, -0.1) is 0 Å². The lowest BCUT2D eigenvalue weighted by atomic mass is 9.95. The number of fused-ring (bicyclic) bond motifs is 1. The summed E-state index contributed by atoms with van der Waals surface area (Å²) in [5.74, 6) is 2.51. The normalized spacial score (nSPS) is 21.0. The molecule has 0 spiro atoms. The van der Waals surface area contributed by atoms with Crippen LogP contribution in [0.2, 0.25) is 0 Å². The van der Waals surface area contributed by atoms with Crippen molar-refractivity contribution in [3.63, 3.8) is 0 Å². The summed E-state index contributed by atoms with van der Waals surface area (Å²) in [5, 5.41) is 13.5. The Labute approximate surface area is 173 Å². The zero-order valence-corrected chi connectivity index (χ0v) is 17.4. The van der Waals surface area contributed by atoms with Crippen LogP contribution in [0, 0.1) is 0 Å². The number of aromatic nitrogens is 2. The fraction of sp³-hybridized carbons (Fsp3) is 0.583. The Kier molecular flexibility index (Phi) is 5.17. The molecule has 2 N–H and O–H groups in total. The molecule has 1 atom stereocenters. The topological polar surface area (TPSA) is 61.3 Å². The Balaban J connectivity index is 1.38. The van der Waals surface area contributed by atoms with Gasteiger partial charge in [0.2, 0.25) is 5.95 Å². The molecule has 3 aliphatic rings. The van der Waals surface area contributed by atoms with Crippen molar-refractivity contribution in [2.45, 2.75) is 82.9 Å². The van der Waals surface area contributed by atoms with E-state index in [1.54, 1.807) is 0 Å². The van der Waals surface area contributed by atoms with Crippen molar-refractivity contribution in [3.05, 3.63) is 46.6 Å². The number of aliphatic hydroxyl groups excluding tert-OH is 1. The first kappa shape index (κ1) is 18.9. The predicted molar refractivity (Wildman–Crippen MR) is 116 cm³/mol. The van der Waals surface area contributed by atoms with Gasteiger partial charge in [-0.2, -0.15) is 4.98 Å². The highest BCUT2D eigenvalue weighted by Gasteiger charge is 2.28. The van der Waals surface area contributed by atoms with Crippen molar-refractivity contribution in [1.29, 1.82) is 0 Å². The molecule has 154 valence electrons. The van der Waals surface area contributed by atoms with Gasteiger partial charge in [0.05, 0.1) is 11.8 Å². The molecular weight excluding hydrogens is 360 g/mol. The monoisotopic (exact) mass is 392 g/mol. The number of hydrogen-bond acceptors (Lipinski definition) is 5. The number of rotatable bonds is 5. The van der Waals surface area contributed by atoms with E-state index >= 15 is 0 Å². The van der Waals surface area contributed by atoms with Gasteiger partial charge in [0.25, 0.3) is 0 Å². The van der Waals surface area contributed by atoms with Gasteiger partial charge in [-0.1, -0.05) is 37.5 Å². The summed E-state index contributed by atoms with van der Waals surface area (Å²) >= 11 is 0. The van der Waals surface area contributed by atoms with Crippen LogP contribution >= 0.6 is 0 Å². The van der Waals surface area contributed by atoms with Gasteiger partial charge in [0.15, 0.2) is 0 Å². The van der Waals surface area contributed by atoms with Crippen molar-refractivity contribution < 1.29 is 5.11 Å². The maximum atomic E-state index is 9.87. The van der Waals surface area contributed by atoms with Crippen LogP contribution in [0.4, 0.5) is 11.8 Å². The van der Waals surface area contributed by atoms with Crippen LogP contribution in [-0.4, -0.2) is 27.7 Å². The average Bonchev–Trinajstić information content (AvgIpc) is 3.59. The van der Waals surface area contributed by atoms with Gasteiger partial charge in [-0.05, 0) is 55.7 Å². The summed E-state index contributed by atoms with van der Waals surface area (Å²) in [6.45, 7) is 3.66. The Morgan fingerprint density at radius 3 is 2.62 bits per heavy atom. The van der Waals surface area contributed by atoms with E-state index in [4.69, 9.17) is 9.97 Å². The minimum absolute atomic E-state index is 0.408. The van der Waals surface area contributed by atoms with Crippen LogP contribution in [0.5, 0.6) is 0 Å². The summed E-state index contributed by atoms with van der Waals surface area (Å²) in [4.78, 5) is 12.2. The first-order valence-corrected chi connectivity index (χ1v) is 11.4. The molecule has 5 rings (SSSR count). The zero-order valence-electron chi connectivity index (χ0n) is 17.4. The third-order valence-electron chi connectivity index (χ3n) is 6.72. The molecule has 0 saturated heterocycles. The summed E-state index contributed by atoms with van der Waals surface area (Å²) in [6, 6.07) is 9.14. The first-order chi connectivity index (χ1) is 14.2. The highest BCUT2D eigenvalue weighted by atomic mass is 16.3. The Bertz CT molecular complexity index is 871. The number of nitrogens with zero attached hydrogens (tertiary/aromatic N) is 3. The van der Waals surface area contributed by atoms with Crippen LogP contribution in [0.15, 0.2) is 24.3 Å². The van der Waals surface area contributed by atoms with Gasteiger partial charge in [-0.3, -0.25) is 0 Å². The second-order valence-corrected chi connectivity index (χ2v) is 9.10. The van der Waals surface area contributed by atoms with Gasteiger partial charge in [0, 0.05) is 31.1 Å². The lowest BCUT2D eigenvalue weighted by molar-refractivity contribution is 0.199. The van der Waals surface area contributed by atoms with Gasteiger partial charge in [0.1, 0.15) is 5.82 Å². The fourth-order valence-electron chi connectivity index (χ4n) is 4.73.